The Labute approximate surface area is 96.1 Å². The molecule has 0 aliphatic heterocycles. The van der Waals surface area contributed by atoms with Crippen molar-refractivity contribution in [3.63, 3.8) is 0 Å². The van der Waals surface area contributed by atoms with Gasteiger partial charge in [0, 0.05) is 5.02 Å². The molecule has 0 bridgehead atoms. The molecule has 3 heteroatoms. The lowest BCUT2D eigenvalue weighted by Gasteiger charge is -2.24. The molecule has 80 valence electrons. The summed E-state index contributed by atoms with van der Waals surface area (Å²) in [6.45, 7) is 5.86. The lowest BCUT2D eigenvalue weighted by Crippen LogP contribution is -2.27. The van der Waals surface area contributed by atoms with E-state index >= 15 is 0 Å². The van der Waals surface area contributed by atoms with Gasteiger partial charge < -0.3 is 0 Å². The van der Waals surface area contributed by atoms with Gasteiger partial charge in [0.1, 0.15) is 6.04 Å². The van der Waals surface area contributed by atoms with Crippen LogP contribution in [0.4, 0.5) is 0 Å². The molecule has 0 radical (unpaired) electrons. The molecule has 0 aliphatic carbocycles. The van der Waals surface area contributed by atoms with E-state index in [2.05, 4.69) is 24.8 Å². The first-order valence-corrected chi connectivity index (χ1v) is 5.49. The molecular formula is C12H15ClN2. The second-order valence-corrected chi connectivity index (χ2v) is 3.74. The molecule has 0 N–H and O–H groups in total. The predicted octanol–water partition coefficient (Wildman–Crippen LogP) is 3.25. The van der Waals surface area contributed by atoms with Crippen LogP contribution in [0.3, 0.4) is 0 Å². The Hall–Kier alpha value is -1.04. The minimum absolute atomic E-state index is 0.169. The molecule has 15 heavy (non-hydrogen) atoms. The van der Waals surface area contributed by atoms with Crippen molar-refractivity contribution >= 4 is 11.6 Å². The molecule has 0 saturated carbocycles. The van der Waals surface area contributed by atoms with Crippen molar-refractivity contribution in [2.45, 2.75) is 19.9 Å². The van der Waals surface area contributed by atoms with Crippen LogP contribution in [0.15, 0.2) is 24.3 Å². The molecule has 0 saturated heterocycles. The number of nitrogens with zero attached hydrogens (tertiary/aromatic N) is 2. The Balaban J connectivity index is 2.92. The van der Waals surface area contributed by atoms with Crippen LogP contribution in [0, 0.1) is 11.3 Å². The van der Waals surface area contributed by atoms with Gasteiger partial charge in [-0.15, -0.1) is 0 Å². The normalized spacial score (nSPS) is 12.5. The second-order valence-electron chi connectivity index (χ2n) is 3.30. The quantitative estimate of drug-likeness (QED) is 0.782. The van der Waals surface area contributed by atoms with E-state index in [1.807, 2.05) is 24.3 Å². The van der Waals surface area contributed by atoms with Crippen LogP contribution in [-0.4, -0.2) is 18.0 Å². The minimum atomic E-state index is -0.169. The van der Waals surface area contributed by atoms with Gasteiger partial charge in [-0.3, -0.25) is 4.90 Å². The van der Waals surface area contributed by atoms with Crippen molar-refractivity contribution in [2.75, 3.05) is 13.1 Å². The van der Waals surface area contributed by atoms with Gasteiger partial charge in [-0.1, -0.05) is 37.6 Å². The summed E-state index contributed by atoms with van der Waals surface area (Å²) in [4.78, 5) is 2.11. The van der Waals surface area contributed by atoms with Crippen LogP contribution in [0.5, 0.6) is 0 Å². The minimum Gasteiger partial charge on any atom is -0.285 e. The summed E-state index contributed by atoms with van der Waals surface area (Å²) in [5, 5.41) is 9.86. The average molecular weight is 223 g/mol. The highest BCUT2D eigenvalue weighted by molar-refractivity contribution is 6.30. The maximum absolute atomic E-state index is 9.16. The van der Waals surface area contributed by atoms with E-state index in [0.717, 1.165) is 18.7 Å². The number of benzene rings is 1. The van der Waals surface area contributed by atoms with Gasteiger partial charge in [-0.25, -0.2) is 0 Å². The van der Waals surface area contributed by atoms with Crippen LogP contribution in [0.1, 0.15) is 25.5 Å². The molecule has 0 amide bonds. The Morgan fingerprint density at radius 3 is 2.20 bits per heavy atom. The zero-order valence-electron chi connectivity index (χ0n) is 9.07. The average Bonchev–Trinajstić information content (AvgIpc) is 2.27. The van der Waals surface area contributed by atoms with Crippen LogP contribution >= 0.6 is 11.6 Å². The smallest absolute Gasteiger partial charge is 0.123 e. The maximum Gasteiger partial charge on any atom is 0.123 e. The van der Waals surface area contributed by atoms with E-state index in [9.17, 15) is 0 Å². The van der Waals surface area contributed by atoms with E-state index in [4.69, 9.17) is 16.9 Å². The Bertz CT molecular complexity index is 336. The van der Waals surface area contributed by atoms with Crippen molar-refractivity contribution in [3.05, 3.63) is 34.9 Å². The topological polar surface area (TPSA) is 27.0 Å². The van der Waals surface area contributed by atoms with Gasteiger partial charge in [-0.2, -0.15) is 5.26 Å². The van der Waals surface area contributed by atoms with E-state index in [0.29, 0.717) is 5.02 Å². The van der Waals surface area contributed by atoms with Crippen molar-refractivity contribution in [1.29, 1.82) is 5.26 Å². The summed E-state index contributed by atoms with van der Waals surface area (Å²) in [6.07, 6.45) is 0. The highest BCUT2D eigenvalue weighted by Crippen LogP contribution is 2.21. The van der Waals surface area contributed by atoms with Crippen LogP contribution in [0.2, 0.25) is 5.02 Å². The van der Waals surface area contributed by atoms with Crippen LogP contribution in [0.25, 0.3) is 0 Å². The highest BCUT2D eigenvalue weighted by atomic mass is 35.5. The molecule has 0 aliphatic rings. The maximum atomic E-state index is 9.16. The van der Waals surface area contributed by atoms with E-state index in [1.54, 1.807) is 0 Å². The summed E-state index contributed by atoms with van der Waals surface area (Å²) in [6, 6.07) is 9.62. The molecule has 0 fully saturated rings. The molecule has 1 atom stereocenters. The predicted molar refractivity (Wildman–Crippen MR) is 62.7 cm³/mol. The zero-order chi connectivity index (χ0) is 11.3. The van der Waals surface area contributed by atoms with Gasteiger partial charge in [0.2, 0.25) is 0 Å². The number of nitriles is 1. The van der Waals surface area contributed by atoms with Gasteiger partial charge in [-0.05, 0) is 30.8 Å². The fraction of sp³-hybridized carbons (Fsp3) is 0.417. The standard InChI is InChI=1S/C12H15ClN2/c1-3-15(4-2)12(9-14)10-5-7-11(13)8-6-10/h5-8,12H,3-4H2,1-2H3/t12-/m1/s1. The van der Waals surface area contributed by atoms with Gasteiger partial charge in [0.05, 0.1) is 6.07 Å². The molecule has 2 nitrogen and oxygen atoms in total. The molecular weight excluding hydrogens is 208 g/mol. The zero-order valence-corrected chi connectivity index (χ0v) is 9.83. The third-order valence-corrected chi connectivity index (χ3v) is 2.74. The molecule has 0 heterocycles. The van der Waals surface area contributed by atoms with Gasteiger partial charge >= 0.3 is 0 Å². The Morgan fingerprint density at radius 2 is 1.80 bits per heavy atom. The summed E-state index contributed by atoms with van der Waals surface area (Å²) in [5.41, 5.74) is 1.01. The summed E-state index contributed by atoms with van der Waals surface area (Å²) in [5.74, 6) is 0. The van der Waals surface area contributed by atoms with Crippen molar-refractivity contribution in [2.24, 2.45) is 0 Å². The Kier molecular flexibility index (Phi) is 4.61. The number of halogens is 1. The molecule has 0 spiro atoms. The fourth-order valence-corrected chi connectivity index (χ4v) is 1.73. The van der Waals surface area contributed by atoms with Crippen molar-refractivity contribution < 1.29 is 0 Å². The first-order valence-electron chi connectivity index (χ1n) is 5.12. The van der Waals surface area contributed by atoms with Crippen molar-refractivity contribution in [1.82, 2.24) is 4.90 Å². The van der Waals surface area contributed by atoms with Crippen LogP contribution in [-0.2, 0) is 0 Å². The van der Waals surface area contributed by atoms with E-state index < -0.39 is 0 Å². The summed E-state index contributed by atoms with van der Waals surface area (Å²) in [7, 11) is 0. The third kappa shape index (κ3) is 2.95. The van der Waals surface area contributed by atoms with Gasteiger partial charge in [0.15, 0.2) is 0 Å². The summed E-state index contributed by atoms with van der Waals surface area (Å²) >= 11 is 5.81. The molecule has 1 rings (SSSR count). The molecule has 1 aromatic rings. The molecule has 0 unspecified atom stereocenters. The SMILES string of the molecule is CCN(CC)[C@H](C#N)c1ccc(Cl)cc1. The van der Waals surface area contributed by atoms with Crippen molar-refractivity contribution in [3.8, 4) is 6.07 Å². The van der Waals surface area contributed by atoms with Gasteiger partial charge in [0.25, 0.3) is 0 Å². The van der Waals surface area contributed by atoms with E-state index in [1.165, 1.54) is 0 Å². The number of hydrogen-bond acceptors (Lipinski definition) is 2. The number of hydrogen-bond donors (Lipinski definition) is 0. The summed E-state index contributed by atoms with van der Waals surface area (Å²) < 4.78 is 0. The highest BCUT2D eigenvalue weighted by Gasteiger charge is 2.16. The molecule has 0 aromatic heterocycles. The van der Waals surface area contributed by atoms with E-state index in [-0.39, 0.29) is 6.04 Å². The largest absolute Gasteiger partial charge is 0.285 e. The van der Waals surface area contributed by atoms with Crippen LogP contribution < -0.4 is 0 Å². The second kappa shape index (κ2) is 5.75. The lowest BCUT2D eigenvalue weighted by molar-refractivity contribution is 0.262. The number of rotatable bonds is 4. The fourth-order valence-electron chi connectivity index (χ4n) is 1.60. The third-order valence-electron chi connectivity index (χ3n) is 2.49. The first-order chi connectivity index (χ1) is 7.22. The lowest BCUT2D eigenvalue weighted by atomic mass is 10.1. The first kappa shape index (κ1) is 12.0. The Morgan fingerprint density at radius 1 is 1.27 bits per heavy atom. The molecule has 1 aromatic carbocycles. The monoisotopic (exact) mass is 222 g/mol.